The number of thiophene rings is 1. The topological polar surface area (TPSA) is 84.5 Å². The van der Waals surface area contributed by atoms with E-state index in [0.717, 1.165) is 33.0 Å². The van der Waals surface area contributed by atoms with Gasteiger partial charge in [-0.25, -0.2) is 20.0 Å². The van der Waals surface area contributed by atoms with Gasteiger partial charge in [0.15, 0.2) is 9.84 Å². The van der Waals surface area contributed by atoms with Crippen molar-refractivity contribution in [1.82, 2.24) is 19.6 Å². The van der Waals surface area contributed by atoms with Gasteiger partial charge in [-0.1, -0.05) is 0 Å². The van der Waals surface area contributed by atoms with Crippen LogP contribution in [0.15, 0.2) is 47.1 Å². The number of imidazole rings is 1. The average Bonchev–Trinajstić information content (AvgIpc) is 3.40. The first-order valence-corrected chi connectivity index (χ1v) is 11.1. The molecule has 0 fully saturated rings. The quantitative estimate of drug-likeness (QED) is 0.353. The second kappa shape index (κ2) is 8.37. The van der Waals surface area contributed by atoms with Crippen molar-refractivity contribution >= 4 is 39.2 Å². The van der Waals surface area contributed by atoms with Gasteiger partial charge in [0, 0.05) is 29.4 Å². The minimum atomic E-state index is -3.37. The Morgan fingerprint density at radius 1 is 1.24 bits per heavy atom. The smallest absolute Gasteiger partial charge is 0.215 e. The van der Waals surface area contributed by atoms with E-state index in [4.69, 9.17) is 6.57 Å². The molecule has 7 nitrogen and oxygen atoms in total. The Morgan fingerprint density at radius 3 is 2.79 bits per heavy atom. The highest BCUT2D eigenvalue weighted by Crippen LogP contribution is 2.33. The molecule has 0 saturated carbocycles. The van der Waals surface area contributed by atoms with E-state index in [1.165, 1.54) is 11.3 Å². The van der Waals surface area contributed by atoms with Crippen LogP contribution in [0.1, 0.15) is 12.1 Å². The zero-order valence-electron chi connectivity index (χ0n) is 15.5. The van der Waals surface area contributed by atoms with E-state index in [2.05, 4.69) is 20.0 Å². The minimum absolute atomic E-state index is 0. The highest BCUT2D eigenvalue weighted by molar-refractivity contribution is 7.93. The molecule has 150 valence electrons. The van der Waals surface area contributed by atoms with E-state index in [1.54, 1.807) is 18.5 Å². The van der Waals surface area contributed by atoms with Gasteiger partial charge >= 0.3 is 0 Å². The van der Waals surface area contributed by atoms with Crippen LogP contribution in [0, 0.1) is 13.5 Å². The van der Waals surface area contributed by atoms with Crippen molar-refractivity contribution in [2.24, 2.45) is 0 Å². The number of hydrogen-bond donors (Lipinski definition) is 1. The number of aromatic amines is 1. The maximum atomic E-state index is 12.5. The summed E-state index contributed by atoms with van der Waals surface area (Å²) in [6.07, 6.45) is 5.87. The van der Waals surface area contributed by atoms with Crippen LogP contribution in [0.2, 0.25) is 0 Å². The molecule has 0 aromatic carbocycles. The molecule has 4 aromatic rings. The van der Waals surface area contributed by atoms with Crippen LogP contribution >= 0.6 is 23.7 Å². The maximum Gasteiger partial charge on any atom is 0.215 e. The average molecular weight is 448 g/mol. The number of fused-ring (bicyclic) bond motifs is 1. The molecule has 0 saturated heterocycles. The van der Waals surface area contributed by atoms with E-state index in [1.807, 2.05) is 35.7 Å². The number of pyridine rings is 1. The summed E-state index contributed by atoms with van der Waals surface area (Å²) < 4.78 is 27.2. The third-order valence-electron chi connectivity index (χ3n) is 4.47. The van der Waals surface area contributed by atoms with Crippen LogP contribution in [-0.4, -0.2) is 40.3 Å². The summed E-state index contributed by atoms with van der Waals surface area (Å²) in [5, 5.41) is 7.01. The molecular weight excluding hydrogens is 430 g/mol. The third kappa shape index (κ3) is 4.05. The van der Waals surface area contributed by atoms with Gasteiger partial charge in [-0.2, -0.15) is 5.10 Å². The molecule has 0 aliphatic carbocycles. The fraction of sp³-hybridized carbons (Fsp3) is 0.211. The summed E-state index contributed by atoms with van der Waals surface area (Å²) in [6.45, 7) is 8.98. The summed E-state index contributed by atoms with van der Waals surface area (Å²) in [4.78, 5) is 8.48. The Kier molecular flexibility index (Phi) is 6.07. The molecule has 10 heteroatoms. The van der Waals surface area contributed by atoms with Gasteiger partial charge in [-0.15, -0.1) is 23.7 Å². The monoisotopic (exact) mass is 447 g/mol. The Bertz CT molecular complexity index is 1300. The Morgan fingerprint density at radius 2 is 2.07 bits per heavy atom. The summed E-state index contributed by atoms with van der Waals surface area (Å²) >= 11 is 1.23. The van der Waals surface area contributed by atoms with Crippen molar-refractivity contribution in [3.63, 3.8) is 0 Å². The summed E-state index contributed by atoms with van der Waals surface area (Å²) in [5.41, 5.74) is 4.61. The van der Waals surface area contributed by atoms with Gasteiger partial charge in [-0.05, 0) is 31.2 Å². The van der Waals surface area contributed by atoms with Crippen molar-refractivity contribution in [2.75, 3.05) is 12.3 Å². The second-order valence-electron chi connectivity index (χ2n) is 6.37. The Hall–Kier alpha value is -2.67. The lowest BCUT2D eigenvalue weighted by Gasteiger charge is -2.04. The van der Waals surface area contributed by atoms with Crippen molar-refractivity contribution in [2.45, 2.75) is 17.6 Å². The highest BCUT2D eigenvalue weighted by Gasteiger charge is 2.19. The lowest BCUT2D eigenvalue weighted by Crippen LogP contribution is -2.05. The van der Waals surface area contributed by atoms with Crippen molar-refractivity contribution in [3.05, 3.63) is 60.0 Å². The van der Waals surface area contributed by atoms with Gasteiger partial charge < -0.3 is 4.85 Å². The van der Waals surface area contributed by atoms with E-state index < -0.39 is 9.84 Å². The van der Waals surface area contributed by atoms with Crippen molar-refractivity contribution in [3.8, 4) is 21.7 Å². The molecule has 1 N–H and O–H groups in total. The molecule has 0 aliphatic rings. The maximum absolute atomic E-state index is 12.5. The number of aromatic nitrogens is 4. The van der Waals surface area contributed by atoms with Crippen LogP contribution in [0.25, 0.3) is 32.2 Å². The van der Waals surface area contributed by atoms with Gasteiger partial charge in [0.1, 0.15) is 9.86 Å². The number of aryl methyl sites for hydroxylation is 1. The molecule has 0 spiro atoms. The predicted molar refractivity (Wildman–Crippen MR) is 116 cm³/mol. The Labute approximate surface area is 178 Å². The van der Waals surface area contributed by atoms with Crippen LogP contribution in [-0.2, 0) is 9.84 Å². The number of sulfone groups is 1. The number of hydrogen-bond acceptors (Lipinski definition) is 5. The molecule has 4 aromatic heterocycles. The van der Waals surface area contributed by atoms with E-state index >= 15 is 0 Å². The van der Waals surface area contributed by atoms with E-state index in [-0.39, 0.29) is 24.7 Å². The zero-order valence-corrected chi connectivity index (χ0v) is 17.9. The SMILES string of the molecule is Cl.[C-]#[N+]CCCS(=O)(=O)c1ccc(-c2cnc3ccc(-c4cn[nH]c4C)cn23)s1. The molecule has 0 radical (unpaired) electrons. The van der Waals surface area contributed by atoms with Gasteiger partial charge in [0.05, 0.1) is 28.7 Å². The minimum Gasteiger partial charge on any atom is -0.317 e. The molecule has 29 heavy (non-hydrogen) atoms. The summed E-state index contributed by atoms with van der Waals surface area (Å²) in [6, 6.07) is 7.37. The summed E-state index contributed by atoms with van der Waals surface area (Å²) in [7, 11) is -3.37. The third-order valence-corrected chi connectivity index (χ3v) is 7.96. The van der Waals surface area contributed by atoms with E-state index in [0.29, 0.717) is 10.6 Å². The number of rotatable bonds is 6. The van der Waals surface area contributed by atoms with Crippen molar-refractivity contribution in [1.29, 1.82) is 0 Å². The Balaban J connectivity index is 0.00000240. The summed E-state index contributed by atoms with van der Waals surface area (Å²) in [5.74, 6) is -0.00754. The van der Waals surface area contributed by atoms with E-state index in [9.17, 15) is 8.42 Å². The normalized spacial score (nSPS) is 11.3. The number of H-pyrrole nitrogens is 1. The lowest BCUT2D eigenvalue weighted by molar-refractivity contribution is 0.596. The fourth-order valence-corrected chi connectivity index (χ4v) is 5.78. The van der Waals surface area contributed by atoms with Gasteiger partial charge in [0.25, 0.3) is 0 Å². The molecular formula is C19H18ClN5O2S2. The molecule has 0 atom stereocenters. The molecule has 0 aliphatic heterocycles. The standard InChI is InChI=1S/C19H17N5O2S2.ClH/c1-13-15(10-22-23-13)14-4-6-18-21-11-16(24(18)12-14)17-5-7-19(27-17)28(25,26)9-3-8-20-2;/h4-7,10-12H,3,8-9H2,1H3,(H,22,23);1H. The van der Waals surface area contributed by atoms with Gasteiger partial charge in [-0.3, -0.25) is 9.50 Å². The zero-order chi connectivity index (χ0) is 19.7. The molecule has 0 amide bonds. The lowest BCUT2D eigenvalue weighted by atomic mass is 10.1. The number of nitrogens with zero attached hydrogens (tertiary/aromatic N) is 4. The predicted octanol–water partition coefficient (Wildman–Crippen LogP) is 4.27. The molecule has 4 rings (SSSR count). The number of halogens is 1. The van der Waals surface area contributed by atoms with Crippen molar-refractivity contribution < 1.29 is 8.42 Å². The van der Waals surface area contributed by atoms with Crippen LogP contribution in [0.4, 0.5) is 0 Å². The van der Waals surface area contributed by atoms with Crippen LogP contribution < -0.4 is 0 Å². The molecule has 0 unspecified atom stereocenters. The largest absolute Gasteiger partial charge is 0.317 e. The first kappa shape index (κ1) is 21.0. The number of nitrogens with one attached hydrogen (secondary N) is 1. The first-order chi connectivity index (χ1) is 13.5. The molecule has 4 heterocycles. The molecule has 0 bridgehead atoms. The second-order valence-corrected chi connectivity index (χ2v) is 9.79. The first-order valence-electron chi connectivity index (χ1n) is 8.63. The highest BCUT2D eigenvalue weighted by atomic mass is 35.5. The van der Waals surface area contributed by atoms with Gasteiger partial charge in [0.2, 0.25) is 6.54 Å². The van der Waals surface area contributed by atoms with Crippen LogP contribution in [0.5, 0.6) is 0 Å². The fourth-order valence-electron chi connectivity index (χ4n) is 3.02. The van der Waals surface area contributed by atoms with Crippen LogP contribution in [0.3, 0.4) is 0 Å².